The fourth-order valence-corrected chi connectivity index (χ4v) is 2.43. The number of benzene rings is 2. The van der Waals surface area contributed by atoms with Crippen molar-refractivity contribution in [1.82, 2.24) is 5.32 Å². The molecule has 0 heterocycles. The number of esters is 1. The molecular weight excluding hydrogens is 390 g/mol. The summed E-state index contributed by atoms with van der Waals surface area (Å²) in [7, 11) is 2.99. The number of nitrogens with one attached hydrogen (secondary N) is 3. The van der Waals surface area contributed by atoms with E-state index in [0.29, 0.717) is 22.9 Å². The highest BCUT2D eigenvalue weighted by Gasteiger charge is 2.23. The number of hydrogen-bond donors (Lipinski definition) is 3. The summed E-state index contributed by atoms with van der Waals surface area (Å²) < 4.78 is 15.5. The Balaban J connectivity index is 1.86. The summed E-state index contributed by atoms with van der Waals surface area (Å²) in [5.74, 6) is -0.310. The van der Waals surface area contributed by atoms with Crippen LogP contribution in [0.2, 0.25) is 0 Å². The summed E-state index contributed by atoms with van der Waals surface area (Å²) in [6.45, 7) is 2.90. The number of rotatable bonds is 8. The van der Waals surface area contributed by atoms with E-state index in [1.54, 1.807) is 42.5 Å². The summed E-state index contributed by atoms with van der Waals surface area (Å²) >= 11 is 0. The highest BCUT2D eigenvalue weighted by Crippen LogP contribution is 2.29. The molecule has 9 heteroatoms. The average molecular weight is 415 g/mol. The maximum Gasteiger partial charge on any atom is 0.329 e. The molecule has 160 valence electrons. The van der Waals surface area contributed by atoms with E-state index in [9.17, 15) is 14.4 Å². The fourth-order valence-electron chi connectivity index (χ4n) is 2.43. The molecule has 2 aromatic carbocycles. The number of anilines is 2. The van der Waals surface area contributed by atoms with E-state index in [1.165, 1.54) is 28.1 Å². The maximum atomic E-state index is 12.3. The summed E-state index contributed by atoms with van der Waals surface area (Å²) in [6.07, 6.45) is -1.08. The first-order chi connectivity index (χ1) is 14.3. The molecule has 0 aliphatic carbocycles. The van der Waals surface area contributed by atoms with Gasteiger partial charge in [0, 0.05) is 17.4 Å². The van der Waals surface area contributed by atoms with Crippen LogP contribution < -0.4 is 25.4 Å². The van der Waals surface area contributed by atoms with Crippen molar-refractivity contribution < 1.29 is 28.6 Å². The quantitative estimate of drug-likeness (QED) is 0.571. The third kappa shape index (κ3) is 6.40. The molecule has 0 aliphatic rings. The normalized spacial score (nSPS) is 12.1. The van der Waals surface area contributed by atoms with Crippen LogP contribution in [0.1, 0.15) is 13.8 Å². The number of methoxy groups -OCH3 is 2. The van der Waals surface area contributed by atoms with Gasteiger partial charge in [-0.3, -0.25) is 4.79 Å². The average Bonchev–Trinajstić information content (AvgIpc) is 2.73. The third-order valence-corrected chi connectivity index (χ3v) is 4.05. The monoisotopic (exact) mass is 415 g/mol. The lowest BCUT2D eigenvalue weighted by atomic mass is 10.2. The van der Waals surface area contributed by atoms with Crippen LogP contribution >= 0.6 is 0 Å². The Bertz CT molecular complexity index is 888. The van der Waals surface area contributed by atoms with Crippen molar-refractivity contribution in [2.24, 2.45) is 0 Å². The van der Waals surface area contributed by atoms with Crippen LogP contribution in [0.4, 0.5) is 16.2 Å². The summed E-state index contributed by atoms with van der Waals surface area (Å²) in [5, 5.41) is 7.69. The Kier molecular flexibility index (Phi) is 8.04. The molecule has 3 amide bonds. The second kappa shape index (κ2) is 10.7. The first-order valence-electron chi connectivity index (χ1n) is 9.20. The van der Waals surface area contributed by atoms with E-state index >= 15 is 0 Å². The largest absolute Gasteiger partial charge is 0.493 e. The fraction of sp³-hybridized carbons (Fsp3) is 0.286. The number of carbonyl (C=O) groups is 3. The van der Waals surface area contributed by atoms with Gasteiger partial charge in [-0.1, -0.05) is 18.2 Å². The molecule has 0 spiro atoms. The second-order valence-electron chi connectivity index (χ2n) is 6.32. The summed E-state index contributed by atoms with van der Waals surface area (Å²) in [4.78, 5) is 36.5. The van der Waals surface area contributed by atoms with Gasteiger partial charge in [0.1, 0.15) is 6.04 Å². The molecule has 0 aromatic heterocycles. The van der Waals surface area contributed by atoms with Gasteiger partial charge in [0.25, 0.3) is 5.91 Å². The predicted octanol–water partition coefficient (Wildman–Crippen LogP) is 2.78. The van der Waals surface area contributed by atoms with Crippen LogP contribution in [0.25, 0.3) is 0 Å². The molecule has 0 radical (unpaired) electrons. The molecule has 0 unspecified atom stereocenters. The van der Waals surface area contributed by atoms with E-state index in [1.807, 2.05) is 6.07 Å². The number of para-hydroxylation sites is 1. The van der Waals surface area contributed by atoms with E-state index in [2.05, 4.69) is 16.0 Å². The molecular formula is C21H25N3O6. The zero-order valence-corrected chi connectivity index (χ0v) is 17.2. The Hall–Kier alpha value is -3.75. The van der Waals surface area contributed by atoms with Crippen LogP contribution in [0, 0.1) is 0 Å². The topological polar surface area (TPSA) is 115 Å². The minimum absolute atomic E-state index is 0.446. The van der Waals surface area contributed by atoms with Gasteiger partial charge in [-0.15, -0.1) is 0 Å². The van der Waals surface area contributed by atoms with Crippen LogP contribution in [0.15, 0.2) is 48.5 Å². The maximum absolute atomic E-state index is 12.3. The van der Waals surface area contributed by atoms with Gasteiger partial charge in [0.2, 0.25) is 0 Å². The van der Waals surface area contributed by atoms with Crippen molar-refractivity contribution in [3.8, 4) is 11.5 Å². The molecule has 0 saturated carbocycles. The molecule has 0 aliphatic heterocycles. The Morgan fingerprint density at radius 2 is 1.50 bits per heavy atom. The molecule has 30 heavy (non-hydrogen) atoms. The minimum atomic E-state index is -1.08. The molecule has 0 saturated heterocycles. The lowest BCUT2D eigenvalue weighted by molar-refractivity contribution is -0.154. The zero-order valence-electron chi connectivity index (χ0n) is 17.2. The van der Waals surface area contributed by atoms with Gasteiger partial charge in [0.15, 0.2) is 17.6 Å². The van der Waals surface area contributed by atoms with Crippen molar-refractivity contribution in [2.45, 2.75) is 26.0 Å². The first kappa shape index (κ1) is 22.5. The van der Waals surface area contributed by atoms with Gasteiger partial charge in [-0.2, -0.15) is 0 Å². The van der Waals surface area contributed by atoms with Crippen molar-refractivity contribution in [2.75, 3.05) is 24.9 Å². The minimum Gasteiger partial charge on any atom is -0.493 e. The molecule has 2 atom stereocenters. The number of ether oxygens (including phenoxy) is 3. The standard InChI is InChI=1S/C21H25N3O6/c1-13(22-21(27)24-15-8-6-5-7-9-15)20(26)30-14(2)19(25)23-16-10-11-17(28-3)18(12-16)29-4/h5-14H,1-4H3,(H,23,25)(H2,22,24,27)/t13-,14-/m0/s1. The van der Waals surface area contributed by atoms with Crippen LogP contribution in [0.5, 0.6) is 11.5 Å². The van der Waals surface area contributed by atoms with Crippen LogP contribution in [0.3, 0.4) is 0 Å². The van der Waals surface area contributed by atoms with Gasteiger partial charge < -0.3 is 30.2 Å². The second-order valence-corrected chi connectivity index (χ2v) is 6.32. The van der Waals surface area contributed by atoms with E-state index in [-0.39, 0.29) is 0 Å². The van der Waals surface area contributed by atoms with Crippen LogP contribution in [-0.2, 0) is 14.3 Å². The third-order valence-electron chi connectivity index (χ3n) is 4.05. The lowest BCUT2D eigenvalue weighted by Gasteiger charge is -2.18. The molecule has 9 nitrogen and oxygen atoms in total. The van der Waals surface area contributed by atoms with E-state index in [0.717, 1.165) is 0 Å². The molecule has 0 bridgehead atoms. The number of hydrogen-bond acceptors (Lipinski definition) is 6. The Morgan fingerprint density at radius 1 is 0.833 bits per heavy atom. The van der Waals surface area contributed by atoms with Crippen molar-refractivity contribution in [3.63, 3.8) is 0 Å². The number of urea groups is 1. The zero-order chi connectivity index (χ0) is 22.1. The molecule has 2 rings (SSSR count). The van der Waals surface area contributed by atoms with Gasteiger partial charge in [0.05, 0.1) is 14.2 Å². The Morgan fingerprint density at radius 3 is 2.13 bits per heavy atom. The highest BCUT2D eigenvalue weighted by molar-refractivity contribution is 5.96. The van der Waals surface area contributed by atoms with Crippen molar-refractivity contribution in [1.29, 1.82) is 0 Å². The smallest absolute Gasteiger partial charge is 0.329 e. The highest BCUT2D eigenvalue weighted by atomic mass is 16.5. The van der Waals surface area contributed by atoms with E-state index in [4.69, 9.17) is 14.2 Å². The molecule has 3 N–H and O–H groups in total. The van der Waals surface area contributed by atoms with Crippen LogP contribution in [-0.4, -0.2) is 44.3 Å². The van der Waals surface area contributed by atoms with Gasteiger partial charge >= 0.3 is 12.0 Å². The first-order valence-corrected chi connectivity index (χ1v) is 9.20. The molecule has 2 aromatic rings. The SMILES string of the molecule is COc1ccc(NC(=O)[C@H](C)OC(=O)[C@H](C)NC(=O)Nc2ccccc2)cc1OC. The van der Waals surface area contributed by atoms with E-state index < -0.39 is 30.1 Å². The lowest BCUT2D eigenvalue weighted by Crippen LogP contribution is -2.44. The summed E-state index contributed by atoms with van der Waals surface area (Å²) in [6, 6.07) is 12.1. The van der Waals surface area contributed by atoms with Crippen molar-refractivity contribution >= 4 is 29.3 Å². The molecule has 0 fully saturated rings. The number of carbonyl (C=O) groups excluding carboxylic acids is 3. The predicted molar refractivity (Wildman–Crippen MR) is 112 cm³/mol. The Labute approximate surface area is 174 Å². The van der Waals surface area contributed by atoms with Crippen molar-refractivity contribution in [3.05, 3.63) is 48.5 Å². The van der Waals surface area contributed by atoms with Gasteiger partial charge in [-0.05, 0) is 38.1 Å². The number of amides is 3. The summed E-state index contributed by atoms with van der Waals surface area (Å²) in [5.41, 5.74) is 1.03. The van der Waals surface area contributed by atoms with Gasteiger partial charge in [-0.25, -0.2) is 9.59 Å².